The Hall–Kier alpha value is -2.44. The van der Waals surface area contributed by atoms with Crippen LogP contribution >= 0.6 is 0 Å². The van der Waals surface area contributed by atoms with E-state index in [2.05, 4.69) is 9.71 Å². The molecule has 25 heavy (non-hydrogen) atoms. The van der Waals surface area contributed by atoms with Gasteiger partial charge in [-0.25, -0.2) is 13.1 Å². The Labute approximate surface area is 148 Å². The lowest BCUT2D eigenvalue weighted by Crippen LogP contribution is -2.27. The van der Waals surface area contributed by atoms with E-state index in [-0.39, 0.29) is 4.90 Å². The van der Waals surface area contributed by atoms with Crippen molar-refractivity contribution in [3.05, 3.63) is 66.5 Å². The average Bonchev–Trinajstić information content (AvgIpc) is 2.60. The van der Waals surface area contributed by atoms with Crippen molar-refractivity contribution in [3.8, 4) is 0 Å². The van der Waals surface area contributed by atoms with Crippen molar-refractivity contribution in [3.63, 3.8) is 0 Å². The second-order valence-corrected chi connectivity index (χ2v) is 7.80. The third-order valence-corrected chi connectivity index (χ3v) is 5.69. The number of aromatic nitrogens is 1. The highest BCUT2D eigenvalue weighted by Crippen LogP contribution is 2.30. The fraction of sp³-hybridized carbons (Fsp3) is 0.211. The number of pyridine rings is 1. The van der Waals surface area contributed by atoms with Crippen LogP contribution in [0.1, 0.15) is 18.7 Å². The molecule has 2 aromatic carbocycles. The number of nitrogens with one attached hydrogen (secondary N) is 1. The van der Waals surface area contributed by atoms with Gasteiger partial charge in [-0.15, -0.1) is 0 Å². The van der Waals surface area contributed by atoms with Gasteiger partial charge in [0.1, 0.15) is 0 Å². The van der Waals surface area contributed by atoms with Crippen molar-refractivity contribution in [2.75, 3.05) is 19.0 Å². The van der Waals surface area contributed by atoms with Crippen LogP contribution in [0, 0.1) is 0 Å². The number of anilines is 1. The Morgan fingerprint density at radius 2 is 1.68 bits per heavy atom. The zero-order chi connectivity index (χ0) is 18.0. The van der Waals surface area contributed by atoms with Crippen molar-refractivity contribution in [2.24, 2.45) is 0 Å². The van der Waals surface area contributed by atoms with Crippen LogP contribution in [0.5, 0.6) is 0 Å². The van der Waals surface area contributed by atoms with Gasteiger partial charge in [-0.2, -0.15) is 0 Å². The van der Waals surface area contributed by atoms with Crippen LogP contribution < -0.4 is 9.62 Å². The molecular weight excluding hydrogens is 334 g/mol. The maximum Gasteiger partial charge on any atom is 0.241 e. The lowest BCUT2D eigenvalue weighted by Gasteiger charge is -2.18. The second kappa shape index (κ2) is 6.82. The number of hydrogen-bond donors (Lipinski definition) is 1. The highest BCUT2D eigenvalue weighted by molar-refractivity contribution is 7.89. The SMILES string of the molecule is C[C@@H](NS(=O)(=O)c1cccc2c(N(C)C)cccc12)c1ccccn1. The number of benzene rings is 2. The van der Waals surface area contributed by atoms with Crippen LogP contribution in [-0.2, 0) is 10.0 Å². The molecule has 0 fully saturated rings. The standard InChI is InChI=1S/C19H21N3O2S/c1-14(17-10-4-5-13-20-17)21-25(23,24)19-12-7-8-15-16(19)9-6-11-18(15)22(2)3/h4-14,21H,1-3H3/t14-/m1/s1. The first-order valence-corrected chi connectivity index (χ1v) is 9.51. The summed E-state index contributed by atoms with van der Waals surface area (Å²) >= 11 is 0. The number of fused-ring (bicyclic) bond motifs is 1. The molecule has 5 nitrogen and oxygen atoms in total. The number of nitrogens with zero attached hydrogens (tertiary/aromatic N) is 2. The highest BCUT2D eigenvalue weighted by Gasteiger charge is 2.21. The maximum atomic E-state index is 13.0. The molecule has 1 atom stereocenters. The van der Waals surface area contributed by atoms with Gasteiger partial charge in [0, 0.05) is 36.8 Å². The summed E-state index contributed by atoms with van der Waals surface area (Å²) in [5.41, 5.74) is 1.66. The normalized spacial score (nSPS) is 12.9. The van der Waals surface area contributed by atoms with E-state index in [1.807, 2.05) is 49.3 Å². The summed E-state index contributed by atoms with van der Waals surface area (Å²) in [5.74, 6) is 0. The van der Waals surface area contributed by atoms with Gasteiger partial charge in [-0.05, 0) is 31.2 Å². The Morgan fingerprint density at radius 3 is 2.36 bits per heavy atom. The minimum absolute atomic E-state index is 0.275. The van der Waals surface area contributed by atoms with Gasteiger partial charge in [0.05, 0.1) is 16.6 Å². The molecule has 1 heterocycles. The van der Waals surface area contributed by atoms with E-state index in [0.29, 0.717) is 11.1 Å². The zero-order valence-electron chi connectivity index (χ0n) is 14.5. The van der Waals surface area contributed by atoms with Crippen LogP contribution in [0.2, 0.25) is 0 Å². The van der Waals surface area contributed by atoms with Crippen molar-refractivity contribution in [2.45, 2.75) is 17.9 Å². The maximum absolute atomic E-state index is 13.0. The third-order valence-electron chi connectivity index (χ3n) is 4.09. The van der Waals surface area contributed by atoms with E-state index in [4.69, 9.17) is 0 Å². The molecule has 1 aromatic heterocycles. The molecule has 3 rings (SSSR count). The average molecular weight is 355 g/mol. The fourth-order valence-corrected chi connectivity index (χ4v) is 4.32. The molecule has 6 heteroatoms. The summed E-state index contributed by atoms with van der Waals surface area (Å²) in [6, 6.07) is 16.1. The highest BCUT2D eigenvalue weighted by atomic mass is 32.2. The molecule has 0 spiro atoms. The summed E-state index contributed by atoms with van der Waals surface area (Å²) in [7, 11) is 0.198. The molecule has 0 bridgehead atoms. The largest absolute Gasteiger partial charge is 0.377 e. The van der Waals surface area contributed by atoms with Crippen molar-refractivity contribution in [1.29, 1.82) is 0 Å². The molecule has 0 aliphatic heterocycles. The van der Waals surface area contributed by atoms with Gasteiger partial charge >= 0.3 is 0 Å². The van der Waals surface area contributed by atoms with E-state index in [9.17, 15) is 8.42 Å². The van der Waals surface area contributed by atoms with Gasteiger partial charge in [0.15, 0.2) is 0 Å². The predicted molar refractivity (Wildman–Crippen MR) is 101 cm³/mol. The molecule has 0 amide bonds. The fourth-order valence-electron chi connectivity index (χ4n) is 2.88. The molecular formula is C19H21N3O2S. The minimum Gasteiger partial charge on any atom is -0.377 e. The Kier molecular flexibility index (Phi) is 4.74. The minimum atomic E-state index is -3.69. The number of hydrogen-bond acceptors (Lipinski definition) is 4. The molecule has 0 saturated carbocycles. The lowest BCUT2D eigenvalue weighted by molar-refractivity contribution is 0.565. The first-order chi connectivity index (χ1) is 11.9. The van der Waals surface area contributed by atoms with E-state index >= 15 is 0 Å². The predicted octanol–water partition coefficient (Wildman–Crippen LogP) is 3.34. The quantitative estimate of drug-likeness (QED) is 0.762. The van der Waals surface area contributed by atoms with Crippen LogP contribution in [0.15, 0.2) is 65.7 Å². The molecule has 0 saturated heterocycles. The first kappa shape index (κ1) is 17.4. The smallest absolute Gasteiger partial charge is 0.241 e. The molecule has 0 aliphatic rings. The van der Waals surface area contributed by atoms with Gasteiger partial charge < -0.3 is 4.90 Å². The van der Waals surface area contributed by atoms with E-state index in [1.165, 1.54) is 0 Å². The summed E-state index contributed by atoms with van der Waals surface area (Å²) in [6.07, 6.45) is 1.65. The Balaban J connectivity index is 2.05. The number of sulfonamides is 1. The first-order valence-electron chi connectivity index (χ1n) is 8.02. The monoisotopic (exact) mass is 355 g/mol. The molecule has 0 aliphatic carbocycles. The molecule has 3 aromatic rings. The molecule has 1 N–H and O–H groups in total. The summed E-state index contributed by atoms with van der Waals surface area (Å²) < 4.78 is 28.6. The van der Waals surface area contributed by atoms with E-state index < -0.39 is 16.1 Å². The van der Waals surface area contributed by atoms with Crippen molar-refractivity contribution >= 4 is 26.5 Å². The van der Waals surface area contributed by atoms with Gasteiger partial charge in [-0.1, -0.05) is 30.3 Å². The van der Waals surface area contributed by atoms with Crippen LogP contribution in [-0.4, -0.2) is 27.5 Å². The van der Waals surface area contributed by atoms with E-state index in [1.54, 1.807) is 37.4 Å². The van der Waals surface area contributed by atoms with E-state index in [0.717, 1.165) is 11.1 Å². The summed E-state index contributed by atoms with van der Waals surface area (Å²) in [4.78, 5) is 6.47. The van der Waals surface area contributed by atoms with Gasteiger partial charge in [0.25, 0.3) is 0 Å². The summed E-state index contributed by atoms with van der Waals surface area (Å²) in [5, 5.41) is 1.61. The van der Waals surface area contributed by atoms with Crippen LogP contribution in [0.25, 0.3) is 10.8 Å². The van der Waals surface area contributed by atoms with Gasteiger partial charge in [0.2, 0.25) is 10.0 Å². The molecule has 130 valence electrons. The summed E-state index contributed by atoms with van der Waals surface area (Å²) in [6.45, 7) is 1.79. The zero-order valence-corrected chi connectivity index (χ0v) is 15.3. The van der Waals surface area contributed by atoms with Crippen LogP contribution in [0.3, 0.4) is 0 Å². The second-order valence-electron chi connectivity index (χ2n) is 6.12. The molecule has 0 radical (unpaired) electrons. The van der Waals surface area contributed by atoms with Crippen LogP contribution in [0.4, 0.5) is 5.69 Å². The third kappa shape index (κ3) is 3.50. The Morgan fingerprint density at radius 1 is 0.960 bits per heavy atom. The molecule has 0 unspecified atom stereocenters. The van der Waals surface area contributed by atoms with Crippen molar-refractivity contribution < 1.29 is 8.42 Å². The van der Waals surface area contributed by atoms with Gasteiger partial charge in [-0.3, -0.25) is 4.98 Å². The Bertz CT molecular complexity index is 986. The number of rotatable bonds is 5. The lowest BCUT2D eigenvalue weighted by atomic mass is 10.1. The topological polar surface area (TPSA) is 62.3 Å². The van der Waals surface area contributed by atoms with Crippen molar-refractivity contribution in [1.82, 2.24) is 9.71 Å².